The first kappa shape index (κ1) is 27.4. The van der Waals surface area contributed by atoms with Crippen LogP contribution in [0.2, 0.25) is 0 Å². The van der Waals surface area contributed by atoms with E-state index in [-0.39, 0.29) is 58.1 Å². The number of imide groups is 1. The quantitative estimate of drug-likeness (QED) is 0.189. The fourth-order valence-electron chi connectivity index (χ4n) is 2.73. The van der Waals surface area contributed by atoms with Crippen molar-refractivity contribution in [2.75, 3.05) is 39.4 Å². The molecule has 1 aliphatic rings. The number of carbonyl (C=O) groups is 6. The van der Waals surface area contributed by atoms with Crippen LogP contribution in [0.15, 0.2) is 12.2 Å². The van der Waals surface area contributed by atoms with Gasteiger partial charge < -0.3 is 30.7 Å². The molecule has 0 spiro atoms. The van der Waals surface area contributed by atoms with Gasteiger partial charge in [-0.25, -0.2) is 9.59 Å². The molecule has 33 heavy (non-hydrogen) atoms. The number of carbonyl (C=O) groups excluding carboxylic acids is 6. The summed E-state index contributed by atoms with van der Waals surface area (Å²) in [5.74, 6) is -1.79. The van der Waals surface area contributed by atoms with Crippen LogP contribution in [0.4, 0.5) is 9.59 Å². The second-order valence-electron chi connectivity index (χ2n) is 6.76. The number of nitrogens with one attached hydrogen (secondary N) is 4. The molecular weight excluding hydrogens is 438 g/mol. The van der Waals surface area contributed by atoms with Gasteiger partial charge in [0.05, 0.1) is 13.2 Å². The third-order valence-corrected chi connectivity index (χ3v) is 4.31. The van der Waals surface area contributed by atoms with Crippen molar-refractivity contribution >= 4 is 35.8 Å². The average molecular weight is 469 g/mol. The van der Waals surface area contributed by atoms with Crippen LogP contribution < -0.4 is 21.3 Å². The van der Waals surface area contributed by atoms with E-state index in [1.54, 1.807) is 13.8 Å². The van der Waals surface area contributed by atoms with Gasteiger partial charge in [0, 0.05) is 44.8 Å². The molecule has 4 N–H and O–H groups in total. The minimum atomic E-state index is -0.900. The van der Waals surface area contributed by atoms with Crippen LogP contribution in [0.1, 0.15) is 33.1 Å². The van der Waals surface area contributed by atoms with Gasteiger partial charge in [0.25, 0.3) is 11.8 Å². The van der Waals surface area contributed by atoms with Gasteiger partial charge in [-0.05, 0) is 26.7 Å². The molecule has 0 bridgehead atoms. The van der Waals surface area contributed by atoms with E-state index in [1.165, 1.54) is 0 Å². The minimum absolute atomic E-state index is 0.0335. The topological polar surface area (TPSA) is 172 Å². The Balaban J connectivity index is 2.35. The summed E-state index contributed by atoms with van der Waals surface area (Å²) in [7, 11) is 0. The lowest BCUT2D eigenvalue weighted by Crippen LogP contribution is -2.48. The van der Waals surface area contributed by atoms with Crippen LogP contribution in [0.5, 0.6) is 0 Å². The van der Waals surface area contributed by atoms with Crippen molar-refractivity contribution < 1.29 is 38.2 Å². The van der Waals surface area contributed by atoms with Crippen molar-refractivity contribution in [3.8, 4) is 0 Å². The SMILES string of the molecule is CCOC(=O)NCCCC(NC(=O)OCC)C(=O)NCCNC(=O)CCN1C(=O)C=CC1=O. The average Bonchev–Trinajstić information content (AvgIpc) is 3.09. The molecule has 0 fully saturated rings. The molecule has 1 unspecified atom stereocenters. The molecule has 6 amide bonds. The molecular formula is C20H31N5O8. The van der Waals surface area contributed by atoms with Crippen molar-refractivity contribution in [3.05, 3.63) is 12.2 Å². The Bertz CT molecular complexity index is 737. The normalized spacial score (nSPS) is 13.3. The van der Waals surface area contributed by atoms with E-state index in [0.29, 0.717) is 6.42 Å². The zero-order chi connectivity index (χ0) is 24.6. The highest BCUT2D eigenvalue weighted by molar-refractivity contribution is 6.13. The molecule has 1 rings (SSSR count). The van der Waals surface area contributed by atoms with Crippen LogP contribution >= 0.6 is 0 Å². The maximum Gasteiger partial charge on any atom is 0.407 e. The predicted molar refractivity (Wildman–Crippen MR) is 115 cm³/mol. The Kier molecular flexibility index (Phi) is 12.6. The van der Waals surface area contributed by atoms with Crippen molar-refractivity contribution in [2.45, 2.75) is 39.2 Å². The van der Waals surface area contributed by atoms with E-state index in [1.807, 2.05) is 0 Å². The molecule has 1 aliphatic heterocycles. The summed E-state index contributed by atoms with van der Waals surface area (Å²) >= 11 is 0. The zero-order valence-electron chi connectivity index (χ0n) is 18.8. The first-order valence-corrected chi connectivity index (χ1v) is 10.7. The molecule has 13 nitrogen and oxygen atoms in total. The molecule has 13 heteroatoms. The first-order chi connectivity index (χ1) is 15.8. The molecule has 0 aliphatic carbocycles. The maximum atomic E-state index is 12.4. The van der Waals surface area contributed by atoms with E-state index in [9.17, 15) is 28.8 Å². The Morgan fingerprint density at radius 3 is 2.12 bits per heavy atom. The molecule has 1 atom stereocenters. The Morgan fingerprint density at radius 2 is 1.48 bits per heavy atom. The molecule has 0 saturated carbocycles. The van der Waals surface area contributed by atoms with Gasteiger partial charge >= 0.3 is 12.2 Å². The van der Waals surface area contributed by atoms with Gasteiger partial charge in [-0.2, -0.15) is 0 Å². The molecule has 1 heterocycles. The van der Waals surface area contributed by atoms with Crippen LogP contribution in [-0.2, 0) is 28.7 Å². The number of alkyl carbamates (subject to hydrolysis) is 2. The lowest BCUT2D eigenvalue weighted by Gasteiger charge is -2.18. The van der Waals surface area contributed by atoms with Crippen molar-refractivity contribution in [1.29, 1.82) is 0 Å². The van der Waals surface area contributed by atoms with Gasteiger partial charge in [-0.15, -0.1) is 0 Å². The summed E-state index contributed by atoms with van der Waals surface area (Å²) < 4.78 is 9.55. The van der Waals surface area contributed by atoms with Crippen molar-refractivity contribution in [2.24, 2.45) is 0 Å². The number of hydrogen-bond acceptors (Lipinski definition) is 8. The van der Waals surface area contributed by atoms with Gasteiger partial charge in [0.1, 0.15) is 6.04 Å². The van der Waals surface area contributed by atoms with Crippen molar-refractivity contribution in [3.63, 3.8) is 0 Å². The van der Waals surface area contributed by atoms with Gasteiger partial charge in [0.15, 0.2) is 0 Å². The zero-order valence-corrected chi connectivity index (χ0v) is 18.8. The number of hydrogen-bond donors (Lipinski definition) is 4. The molecule has 0 radical (unpaired) electrons. The Morgan fingerprint density at radius 1 is 0.879 bits per heavy atom. The van der Waals surface area contributed by atoms with Crippen molar-refractivity contribution in [1.82, 2.24) is 26.2 Å². The minimum Gasteiger partial charge on any atom is -0.450 e. The highest BCUT2D eigenvalue weighted by atomic mass is 16.6. The summed E-state index contributed by atoms with van der Waals surface area (Å²) in [6, 6.07) is -0.900. The van der Waals surface area contributed by atoms with E-state index < -0.39 is 35.9 Å². The van der Waals surface area contributed by atoms with E-state index in [0.717, 1.165) is 17.1 Å². The number of rotatable bonds is 14. The first-order valence-electron chi connectivity index (χ1n) is 10.7. The number of amides is 6. The van der Waals surface area contributed by atoms with Crippen LogP contribution in [0.3, 0.4) is 0 Å². The van der Waals surface area contributed by atoms with E-state index in [2.05, 4.69) is 21.3 Å². The van der Waals surface area contributed by atoms with E-state index in [4.69, 9.17) is 9.47 Å². The number of nitrogens with zero attached hydrogens (tertiary/aromatic N) is 1. The second-order valence-corrected chi connectivity index (χ2v) is 6.76. The standard InChI is InChI=1S/C20H31N5O8/c1-3-32-19(30)23-10-5-6-14(24-20(31)33-4-2)18(29)22-12-11-21-15(26)9-13-25-16(27)7-8-17(25)28/h7-8,14H,3-6,9-13H2,1-2H3,(H,21,26)(H,22,29)(H,23,30)(H,24,31). The monoisotopic (exact) mass is 469 g/mol. The summed E-state index contributed by atoms with van der Waals surface area (Å²) in [4.78, 5) is 71.2. The maximum absolute atomic E-state index is 12.4. The second kappa shape index (κ2) is 15.2. The van der Waals surface area contributed by atoms with Crippen LogP contribution in [-0.4, -0.2) is 86.1 Å². The third-order valence-electron chi connectivity index (χ3n) is 4.31. The van der Waals surface area contributed by atoms with Gasteiger partial charge in [-0.1, -0.05) is 0 Å². The molecule has 0 saturated heterocycles. The fourth-order valence-corrected chi connectivity index (χ4v) is 2.73. The molecule has 0 aromatic heterocycles. The van der Waals surface area contributed by atoms with Crippen LogP contribution in [0, 0.1) is 0 Å². The molecule has 0 aromatic rings. The Hall–Kier alpha value is -3.64. The molecule has 0 aromatic carbocycles. The fraction of sp³-hybridized carbons (Fsp3) is 0.600. The summed E-state index contributed by atoms with van der Waals surface area (Å²) in [5, 5.41) is 10.2. The highest BCUT2D eigenvalue weighted by Crippen LogP contribution is 2.04. The van der Waals surface area contributed by atoms with Gasteiger partial charge in [-0.3, -0.25) is 24.1 Å². The predicted octanol–water partition coefficient (Wildman–Crippen LogP) is -0.825. The largest absolute Gasteiger partial charge is 0.450 e. The lowest BCUT2D eigenvalue weighted by molar-refractivity contribution is -0.137. The van der Waals surface area contributed by atoms with E-state index >= 15 is 0 Å². The van der Waals surface area contributed by atoms with Crippen LogP contribution in [0.25, 0.3) is 0 Å². The smallest absolute Gasteiger partial charge is 0.407 e. The lowest BCUT2D eigenvalue weighted by atomic mass is 10.1. The molecule has 184 valence electrons. The highest BCUT2D eigenvalue weighted by Gasteiger charge is 2.24. The van der Waals surface area contributed by atoms with Gasteiger partial charge in [0.2, 0.25) is 11.8 Å². The third kappa shape index (κ3) is 11.0. The summed E-state index contributed by atoms with van der Waals surface area (Å²) in [5.41, 5.74) is 0. The Labute approximate surface area is 191 Å². The summed E-state index contributed by atoms with van der Waals surface area (Å²) in [6.45, 7) is 4.11. The summed E-state index contributed by atoms with van der Waals surface area (Å²) in [6.07, 6.45) is 1.53. The number of ether oxygens (including phenoxy) is 2.